The van der Waals surface area contributed by atoms with E-state index in [0.717, 1.165) is 116 Å². The number of hydroxylamine groups is 3. The van der Waals surface area contributed by atoms with E-state index in [1.54, 1.807) is 40.5 Å². The predicted octanol–water partition coefficient (Wildman–Crippen LogP) is 7.99. The standard InChI is InChI=1S/C17H21NO6S.C17H21NO4.C17H21NO3.C15H15NO3/c1-18-8-7-17-6-5-12(22-25-24-23-19)9-14(17)21-16-13(20-2)4-3-11(10-18)15(16)17;1-18(20)8-7-17-6-5-12(19)9-14(17)22-16-13(21-2)4-3-11(10-18)15(16)17;1-18-8-7-17-6-5-12(19)9-14(17)21-16-13(20-2)4-3-11(10-18)15(16)17;17-10-3-4-15-5-6-16-8-9-1-2-11(18)14(13(9)15)19-12(15)7-10/h3-6,12,14,19H,7-10H2,1-2H3;3-6,12,14,19H,7-10H2,1-2H3;3-6,12,14,19H,7-10H2,1-2H3;1-4,12,16,18H,5-8H2. The number of aromatic hydroxyl groups is 1. The molecule has 0 amide bonds. The van der Waals surface area contributed by atoms with Crippen molar-refractivity contribution in [3.63, 3.8) is 0 Å². The molecule has 8 aliphatic heterocycles. The Balaban J connectivity index is 0.000000108. The Labute approximate surface area is 511 Å². The van der Waals surface area contributed by atoms with Gasteiger partial charge in [0.2, 0.25) is 0 Å². The van der Waals surface area contributed by atoms with Gasteiger partial charge in [-0.2, -0.15) is 0 Å². The van der Waals surface area contributed by atoms with Crippen LogP contribution in [0.2, 0.25) is 0 Å². The number of aliphatic hydroxyl groups excluding tert-OH is 2. The van der Waals surface area contributed by atoms with Crippen molar-refractivity contribution in [3.8, 4) is 46.0 Å². The number of rotatable bonds is 7. The van der Waals surface area contributed by atoms with Crippen molar-refractivity contribution in [1.82, 2.24) is 15.1 Å². The first-order chi connectivity index (χ1) is 42.0. The van der Waals surface area contributed by atoms with E-state index in [1.165, 1.54) is 22.3 Å². The molecule has 8 heterocycles. The van der Waals surface area contributed by atoms with Crippen LogP contribution in [0.25, 0.3) is 0 Å². The summed E-state index contributed by atoms with van der Waals surface area (Å²) in [7, 11) is 11.0. The lowest BCUT2D eigenvalue weighted by Crippen LogP contribution is -2.44. The lowest BCUT2D eigenvalue weighted by atomic mass is 9.69. The van der Waals surface area contributed by atoms with Crippen LogP contribution in [0, 0.1) is 5.21 Å². The van der Waals surface area contributed by atoms with Crippen LogP contribution in [0.15, 0.2) is 97.1 Å². The Kier molecular flexibility index (Phi) is 16.0. The molecule has 4 aromatic carbocycles. The molecule has 4 aromatic rings. The fraction of sp³-hybridized carbons (Fsp3) is 0.500. The van der Waals surface area contributed by atoms with Gasteiger partial charge in [0.1, 0.15) is 31.0 Å². The van der Waals surface area contributed by atoms with Crippen LogP contribution in [0.5, 0.6) is 46.0 Å². The summed E-state index contributed by atoms with van der Waals surface area (Å²) < 4.78 is 50.8. The van der Waals surface area contributed by atoms with E-state index in [0.29, 0.717) is 62.6 Å². The van der Waals surface area contributed by atoms with Crippen molar-refractivity contribution in [1.29, 1.82) is 0 Å². The van der Waals surface area contributed by atoms with Gasteiger partial charge >= 0.3 is 0 Å². The summed E-state index contributed by atoms with van der Waals surface area (Å²) in [6.45, 7) is 6.49. The lowest BCUT2D eigenvalue weighted by Gasteiger charge is -2.40. The monoisotopic (exact) mass is 1210 g/mol. The zero-order chi connectivity index (χ0) is 60.6. The van der Waals surface area contributed by atoms with Crippen molar-refractivity contribution in [2.24, 2.45) is 0 Å². The molecule has 12 atom stereocenters. The molecular weight excluding hydrogens is 1140 g/mol. The number of hydrogen-bond donors (Lipinski definition) is 5. The third kappa shape index (κ3) is 10.3. The molecule has 5 N–H and O–H groups in total. The number of phenols is 1. The van der Waals surface area contributed by atoms with Gasteiger partial charge in [-0.1, -0.05) is 65.8 Å². The Morgan fingerprint density at radius 1 is 0.632 bits per heavy atom. The van der Waals surface area contributed by atoms with Crippen LogP contribution in [0.3, 0.4) is 0 Å². The van der Waals surface area contributed by atoms with Crippen molar-refractivity contribution in [3.05, 3.63) is 147 Å². The second kappa shape index (κ2) is 23.3. The summed E-state index contributed by atoms with van der Waals surface area (Å²) >= 11 is 0.602. The zero-order valence-corrected chi connectivity index (χ0v) is 50.8. The van der Waals surface area contributed by atoms with E-state index < -0.39 is 12.2 Å². The maximum absolute atomic E-state index is 12.7. The minimum absolute atomic E-state index is 0.00838. The second-order valence-electron chi connectivity index (χ2n) is 25.5. The fourth-order valence-electron chi connectivity index (χ4n) is 16.1. The van der Waals surface area contributed by atoms with Gasteiger partial charge in [-0.15, -0.1) is 4.33 Å². The number of nitrogens with one attached hydrogen (secondary N) is 1. The van der Waals surface area contributed by atoms with Crippen LogP contribution >= 0.6 is 12.3 Å². The van der Waals surface area contributed by atoms with Crippen LogP contribution in [0.1, 0.15) is 95.9 Å². The number of phenolic OH excluding ortho intramolecular Hbond substituents is 1. The molecule has 12 unspecified atom stereocenters. The Morgan fingerprint density at radius 2 is 1.13 bits per heavy atom. The number of ketones is 1. The van der Waals surface area contributed by atoms with Gasteiger partial charge in [0.15, 0.2) is 64.1 Å². The number of nitrogens with zero attached hydrogens (tertiary/aromatic N) is 3. The molecule has 4 spiro atoms. The summed E-state index contributed by atoms with van der Waals surface area (Å²) in [5, 5.41) is 57.8. The maximum Gasteiger partial charge on any atom is 0.198 e. The minimum atomic E-state index is -0.490. The summed E-state index contributed by atoms with van der Waals surface area (Å²) in [5.41, 5.74) is 8.66. The van der Waals surface area contributed by atoms with E-state index in [-0.39, 0.29) is 68.4 Å². The van der Waals surface area contributed by atoms with Gasteiger partial charge in [0, 0.05) is 79.6 Å². The Bertz CT molecular complexity index is 3450. The lowest BCUT2D eigenvalue weighted by molar-refractivity contribution is -0.874. The number of carbonyl (C=O) groups excluding carboxylic acids is 1. The summed E-state index contributed by atoms with van der Waals surface area (Å²) in [4.78, 5) is 16.3. The number of carbonyl (C=O) groups is 1. The first-order valence-electron chi connectivity index (χ1n) is 30.2. The van der Waals surface area contributed by atoms with E-state index in [2.05, 4.69) is 68.9 Å². The molecule has 0 saturated heterocycles. The molecule has 16 rings (SSSR count). The number of methoxy groups -OCH3 is 3. The number of allylic oxidation sites excluding steroid dienone is 1. The first kappa shape index (κ1) is 59.8. The zero-order valence-electron chi connectivity index (χ0n) is 50.0. The van der Waals surface area contributed by atoms with Crippen molar-refractivity contribution >= 4 is 18.1 Å². The van der Waals surface area contributed by atoms with Gasteiger partial charge in [-0.05, 0) is 106 Å². The Hall–Kier alpha value is -6.18. The molecule has 0 bridgehead atoms. The molecule has 0 saturated carbocycles. The van der Waals surface area contributed by atoms with E-state index in [9.17, 15) is 25.3 Å². The quantitative estimate of drug-likeness (QED) is 0.0224. The van der Waals surface area contributed by atoms with Gasteiger partial charge in [0.25, 0.3) is 0 Å². The highest BCUT2D eigenvalue weighted by molar-refractivity contribution is 7.89. The molecule has 0 radical (unpaired) electrons. The number of ether oxygens (including phenoxy) is 7. The molecule has 0 fully saturated rings. The van der Waals surface area contributed by atoms with Crippen LogP contribution in [-0.2, 0) is 66.2 Å². The molecule has 20 nitrogen and oxygen atoms in total. The van der Waals surface area contributed by atoms with Crippen LogP contribution in [-0.4, -0.2) is 152 Å². The van der Waals surface area contributed by atoms with Gasteiger partial charge in [-0.3, -0.25) is 8.98 Å². The largest absolute Gasteiger partial charge is 0.633 e. The third-order valence-electron chi connectivity index (χ3n) is 20.3. The summed E-state index contributed by atoms with van der Waals surface area (Å²) in [5.74, 6) is 5.62. The highest BCUT2D eigenvalue weighted by Gasteiger charge is 2.57. The number of quaternary nitrogens is 1. The summed E-state index contributed by atoms with van der Waals surface area (Å²) in [6, 6.07) is 15.8. The molecule has 0 aromatic heterocycles. The molecule has 87 heavy (non-hydrogen) atoms. The molecule has 21 heteroatoms. The van der Waals surface area contributed by atoms with E-state index in [1.807, 2.05) is 54.6 Å². The Morgan fingerprint density at radius 3 is 1.70 bits per heavy atom. The SMILES string of the molecule is COc1ccc2c3c1OC1CC(O)C=CC31CCN(C)C2.COc1ccc2c3c1OC1CC(O)C=CC31CC[N+](C)([O-])C2.COc1ccc2c3c1OC1CC(OSOOO)C=CC31CCN(C)C2.O=C1C=CC23CCNCc4ccc(O)c(c42)OC3C1. The molecular formula is C66H78N4O16S. The van der Waals surface area contributed by atoms with E-state index >= 15 is 0 Å². The predicted molar refractivity (Wildman–Crippen MR) is 322 cm³/mol. The first-order valence-corrected chi connectivity index (χ1v) is 30.9. The molecule has 464 valence electrons. The van der Waals surface area contributed by atoms with Crippen molar-refractivity contribution < 1.29 is 76.7 Å². The van der Waals surface area contributed by atoms with Crippen molar-refractivity contribution in [2.75, 3.05) is 68.7 Å². The smallest absolute Gasteiger partial charge is 0.198 e. The maximum atomic E-state index is 12.7. The van der Waals surface area contributed by atoms with Crippen molar-refractivity contribution in [2.45, 2.75) is 142 Å². The normalized spacial score (nSPS) is 33.5. The van der Waals surface area contributed by atoms with E-state index in [4.69, 9.17) is 42.6 Å². The van der Waals surface area contributed by atoms with Gasteiger partial charge in [-0.25, -0.2) is 5.26 Å². The van der Waals surface area contributed by atoms with Crippen LogP contribution < -0.4 is 38.5 Å². The number of aliphatic hydroxyl groups is 2. The number of benzene rings is 4. The van der Waals surface area contributed by atoms with Gasteiger partial charge in [0.05, 0.1) is 74.9 Å². The minimum Gasteiger partial charge on any atom is -0.633 e. The van der Waals surface area contributed by atoms with Gasteiger partial charge < -0.3 is 73.4 Å². The fourth-order valence-corrected chi connectivity index (χ4v) is 16.4. The number of hydrogen-bond acceptors (Lipinski definition) is 20. The second-order valence-corrected chi connectivity index (χ2v) is 26.0. The molecule has 12 aliphatic rings. The average molecular weight is 1220 g/mol. The molecule has 4 aliphatic carbocycles. The summed E-state index contributed by atoms with van der Waals surface area (Å²) in [6.07, 6.45) is 20.4. The van der Waals surface area contributed by atoms with Crippen LogP contribution in [0.4, 0.5) is 0 Å². The highest BCUT2D eigenvalue weighted by Crippen LogP contribution is 2.60. The third-order valence-corrected chi connectivity index (χ3v) is 20.7. The topological polar surface area (TPSA) is 232 Å². The average Bonchev–Trinajstić information content (AvgIpc) is 1.64. The highest BCUT2D eigenvalue weighted by atomic mass is 32.2.